The lowest BCUT2D eigenvalue weighted by Gasteiger charge is -2.31. The van der Waals surface area contributed by atoms with Crippen LogP contribution in [0.3, 0.4) is 0 Å². The maximum absolute atomic E-state index is 12.5. The number of carbonyl (C=O) groups is 1. The fraction of sp³-hybridized carbons (Fsp3) is 0.303. The number of benzene rings is 2. The molecule has 6 aromatic rings. The average molecular weight is 591 g/mol. The molecule has 7 rings (SSSR count). The molecule has 43 heavy (non-hydrogen) atoms. The van der Waals surface area contributed by atoms with Gasteiger partial charge < -0.3 is 10.6 Å². The van der Waals surface area contributed by atoms with Crippen LogP contribution >= 0.6 is 11.3 Å². The minimum Gasteiger partial charge on any atom is -0.382 e. The van der Waals surface area contributed by atoms with Gasteiger partial charge in [0.25, 0.3) is 0 Å². The van der Waals surface area contributed by atoms with E-state index in [1.54, 1.807) is 11.3 Å². The van der Waals surface area contributed by atoms with Crippen LogP contribution in [-0.4, -0.2) is 53.3 Å². The molecule has 0 radical (unpaired) electrons. The molecule has 0 bridgehead atoms. The number of fused-ring (bicyclic) bond motifs is 2. The smallest absolute Gasteiger partial charge is 0.222 e. The number of nitrogen functional groups attached to an aromatic ring is 1. The quantitative estimate of drug-likeness (QED) is 0.235. The van der Waals surface area contributed by atoms with Gasteiger partial charge in [0.05, 0.1) is 28.5 Å². The minimum atomic E-state index is 0.263. The van der Waals surface area contributed by atoms with Gasteiger partial charge in [-0.2, -0.15) is 10.2 Å². The maximum atomic E-state index is 12.5. The molecule has 1 amide bonds. The molecular formula is C33H34N8OS. The van der Waals surface area contributed by atoms with Crippen molar-refractivity contribution in [2.75, 3.05) is 18.8 Å². The number of anilines is 1. The monoisotopic (exact) mass is 590 g/mol. The van der Waals surface area contributed by atoms with Crippen molar-refractivity contribution in [3.63, 3.8) is 0 Å². The number of carbonyl (C=O) groups excluding carboxylic acids is 1. The number of piperidine rings is 1. The van der Waals surface area contributed by atoms with E-state index in [4.69, 9.17) is 15.8 Å². The van der Waals surface area contributed by atoms with Crippen LogP contribution in [0.2, 0.25) is 0 Å². The molecule has 9 nitrogen and oxygen atoms in total. The lowest BCUT2D eigenvalue weighted by atomic mass is 9.97. The van der Waals surface area contributed by atoms with Gasteiger partial charge in [-0.05, 0) is 42.0 Å². The molecule has 5 heterocycles. The SMILES string of the molecule is CC(C)CC(=O)N1CCC(c2nc(-c3cc(-c4ccc5cn(Cc6ccccc6)nc5c4)c4c(N)ncnn34)cs2)CC1. The Kier molecular flexibility index (Phi) is 7.14. The number of rotatable bonds is 7. The van der Waals surface area contributed by atoms with Gasteiger partial charge >= 0.3 is 0 Å². The van der Waals surface area contributed by atoms with Crippen molar-refractivity contribution in [1.82, 2.24) is 34.3 Å². The highest BCUT2D eigenvalue weighted by molar-refractivity contribution is 7.10. The van der Waals surface area contributed by atoms with Gasteiger partial charge in [0.2, 0.25) is 5.91 Å². The van der Waals surface area contributed by atoms with Crippen LogP contribution < -0.4 is 5.73 Å². The predicted octanol–water partition coefficient (Wildman–Crippen LogP) is 6.25. The van der Waals surface area contributed by atoms with Gasteiger partial charge in [0.15, 0.2) is 5.82 Å². The van der Waals surface area contributed by atoms with Crippen molar-refractivity contribution >= 4 is 39.5 Å². The third kappa shape index (κ3) is 5.38. The van der Waals surface area contributed by atoms with E-state index in [9.17, 15) is 4.79 Å². The standard InChI is InChI=1S/C33H34N8OS/c1-21(2)14-30(42)39-12-10-23(11-13-39)33-37-28(19-43-33)29-16-26(31-32(34)35-20-36-41(29)31)24-8-9-25-18-40(38-27(25)15-24)17-22-6-4-3-5-7-22/h3-9,15-16,18-21,23H,10-14,17H2,1-2H3,(H2,34,35,36). The zero-order chi connectivity index (χ0) is 29.5. The molecule has 2 aromatic carbocycles. The maximum Gasteiger partial charge on any atom is 0.222 e. The molecule has 1 aliphatic rings. The van der Waals surface area contributed by atoms with Gasteiger partial charge in [-0.15, -0.1) is 11.3 Å². The van der Waals surface area contributed by atoms with Crippen LogP contribution in [0.5, 0.6) is 0 Å². The molecule has 218 valence electrons. The second kappa shape index (κ2) is 11.3. The van der Waals surface area contributed by atoms with Crippen molar-refractivity contribution in [3.05, 3.63) is 83.1 Å². The van der Waals surface area contributed by atoms with Crippen molar-refractivity contribution in [2.45, 2.75) is 45.6 Å². The molecule has 1 aliphatic heterocycles. The highest BCUT2D eigenvalue weighted by Crippen LogP contribution is 2.38. The number of aromatic nitrogens is 6. The minimum absolute atomic E-state index is 0.263. The molecule has 0 aliphatic carbocycles. The number of thiazole rings is 1. The molecule has 10 heteroatoms. The van der Waals surface area contributed by atoms with E-state index in [1.165, 1.54) is 11.9 Å². The zero-order valence-electron chi connectivity index (χ0n) is 24.3. The zero-order valence-corrected chi connectivity index (χ0v) is 25.2. The molecular weight excluding hydrogens is 556 g/mol. The second-order valence-electron chi connectivity index (χ2n) is 11.8. The highest BCUT2D eigenvalue weighted by atomic mass is 32.1. The van der Waals surface area contributed by atoms with E-state index in [1.807, 2.05) is 32.3 Å². The van der Waals surface area contributed by atoms with E-state index in [2.05, 4.69) is 71.9 Å². The number of amides is 1. The van der Waals surface area contributed by atoms with Crippen LogP contribution in [0.15, 0.2) is 72.5 Å². The van der Waals surface area contributed by atoms with Gasteiger partial charge in [-0.25, -0.2) is 14.5 Å². The summed E-state index contributed by atoms with van der Waals surface area (Å²) in [6.45, 7) is 6.48. The van der Waals surface area contributed by atoms with Crippen LogP contribution in [0.25, 0.3) is 38.9 Å². The Morgan fingerprint density at radius 3 is 2.70 bits per heavy atom. The normalized spacial score (nSPS) is 14.3. The van der Waals surface area contributed by atoms with Crippen LogP contribution in [0.4, 0.5) is 5.82 Å². The molecule has 2 N–H and O–H groups in total. The van der Waals surface area contributed by atoms with Gasteiger partial charge in [-0.1, -0.05) is 56.3 Å². The third-order valence-electron chi connectivity index (χ3n) is 8.20. The van der Waals surface area contributed by atoms with Crippen LogP contribution in [-0.2, 0) is 11.3 Å². The van der Waals surface area contributed by atoms with Crippen molar-refractivity contribution in [2.24, 2.45) is 5.92 Å². The van der Waals surface area contributed by atoms with Crippen molar-refractivity contribution in [3.8, 4) is 22.5 Å². The Morgan fingerprint density at radius 1 is 1.09 bits per heavy atom. The molecule has 0 atom stereocenters. The molecule has 0 spiro atoms. The number of likely N-dealkylation sites (tertiary alicyclic amines) is 1. The number of hydrogen-bond acceptors (Lipinski definition) is 7. The van der Waals surface area contributed by atoms with E-state index in [-0.39, 0.29) is 5.91 Å². The largest absolute Gasteiger partial charge is 0.382 e. The van der Waals surface area contributed by atoms with Gasteiger partial charge in [0.1, 0.15) is 11.8 Å². The number of hydrogen-bond donors (Lipinski definition) is 1. The molecule has 0 saturated carbocycles. The first kappa shape index (κ1) is 27.3. The Morgan fingerprint density at radius 2 is 1.91 bits per heavy atom. The Hall–Kier alpha value is -4.57. The van der Waals surface area contributed by atoms with E-state index in [0.29, 0.717) is 30.6 Å². The fourth-order valence-corrected chi connectivity index (χ4v) is 6.99. The lowest BCUT2D eigenvalue weighted by molar-refractivity contribution is -0.133. The topological polar surface area (TPSA) is 107 Å². The van der Waals surface area contributed by atoms with E-state index in [0.717, 1.165) is 69.9 Å². The molecule has 4 aromatic heterocycles. The average Bonchev–Trinajstić information content (AvgIpc) is 3.74. The second-order valence-corrected chi connectivity index (χ2v) is 12.6. The van der Waals surface area contributed by atoms with Crippen LogP contribution in [0, 0.1) is 5.92 Å². The summed E-state index contributed by atoms with van der Waals surface area (Å²) in [4.78, 5) is 23.9. The third-order valence-corrected chi connectivity index (χ3v) is 9.21. The lowest BCUT2D eigenvalue weighted by Crippen LogP contribution is -2.38. The first-order chi connectivity index (χ1) is 20.9. The van der Waals surface area contributed by atoms with Gasteiger partial charge in [-0.3, -0.25) is 9.48 Å². The molecule has 1 saturated heterocycles. The fourth-order valence-electron chi connectivity index (χ4n) is 6.00. The Labute approximate surface area is 254 Å². The molecule has 1 fully saturated rings. The summed E-state index contributed by atoms with van der Waals surface area (Å²) in [6.07, 6.45) is 6.05. The first-order valence-electron chi connectivity index (χ1n) is 14.8. The summed E-state index contributed by atoms with van der Waals surface area (Å²) in [5.41, 5.74) is 13.0. The highest BCUT2D eigenvalue weighted by Gasteiger charge is 2.27. The van der Waals surface area contributed by atoms with E-state index < -0.39 is 0 Å². The number of nitrogens with zero attached hydrogens (tertiary/aromatic N) is 7. The Bertz CT molecular complexity index is 1910. The summed E-state index contributed by atoms with van der Waals surface area (Å²) in [6, 6.07) is 18.7. The van der Waals surface area contributed by atoms with Crippen LogP contribution in [0.1, 0.15) is 49.6 Å². The summed E-state index contributed by atoms with van der Waals surface area (Å²) < 4.78 is 3.83. The van der Waals surface area contributed by atoms with Crippen molar-refractivity contribution < 1.29 is 4.79 Å². The number of nitrogens with two attached hydrogens (primary N) is 1. The van der Waals surface area contributed by atoms with Gasteiger partial charge in [0, 0.05) is 48.0 Å². The predicted molar refractivity (Wildman–Crippen MR) is 171 cm³/mol. The van der Waals surface area contributed by atoms with Crippen molar-refractivity contribution in [1.29, 1.82) is 0 Å². The summed E-state index contributed by atoms with van der Waals surface area (Å²) >= 11 is 1.68. The first-order valence-corrected chi connectivity index (χ1v) is 15.7. The summed E-state index contributed by atoms with van der Waals surface area (Å²) in [5, 5.41) is 13.7. The van der Waals surface area contributed by atoms with E-state index >= 15 is 0 Å². The Balaban J connectivity index is 1.17. The summed E-state index contributed by atoms with van der Waals surface area (Å²) in [7, 11) is 0. The summed E-state index contributed by atoms with van der Waals surface area (Å²) in [5.74, 6) is 1.41. The molecule has 0 unspecified atom stereocenters.